The molecule has 0 aliphatic carbocycles. The monoisotopic (exact) mass is 376 g/mol. The van der Waals surface area contributed by atoms with Crippen molar-refractivity contribution in [2.45, 2.75) is 6.04 Å². The number of para-hydroxylation sites is 1. The van der Waals surface area contributed by atoms with Gasteiger partial charge in [-0.1, -0.05) is 36.4 Å². The van der Waals surface area contributed by atoms with Crippen molar-refractivity contribution in [2.75, 3.05) is 13.1 Å². The molecule has 3 amide bonds. The van der Waals surface area contributed by atoms with E-state index in [9.17, 15) is 14.4 Å². The number of primary amides is 1. The minimum absolute atomic E-state index is 0.158. The molecule has 3 N–H and O–H groups in total. The van der Waals surface area contributed by atoms with Gasteiger partial charge in [0.1, 0.15) is 6.54 Å². The Balaban J connectivity index is 1.78. The Morgan fingerprint density at radius 3 is 2.57 bits per heavy atom. The second-order valence-corrected chi connectivity index (χ2v) is 6.88. The first kappa shape index (κ1) is 17.8. The Bertz CT molecular complexity index is 1100. The third-order valence-corrected chi connectivity index (χ3v) is 5.05. The predicted molar refractivity (Wildman–Crippen MR) is 104 cm³/mol. The maximum Gasteiger partial charge on any atom is 0.255 e. The molecule has 0 radical (unpaired) electrons. The van der Waals surface area contributed by atoms with Gasteiger partial charge in [-0.25, -0.2) is 0 Å². The number of nitrogens with one attached hydrogen (secondary N) is 1. The summed E-state index contributed by atoms with van der Waals surface area (Å²) in [5, 5.41) is 3.49. The first-order valence-electron chi connectivity index (χ1n) is 8.96. The van der Waals surface area contributed by atoms with Crippen LogP contribution < -0.4 is 11.1 Å². The van der Waals surface area contributed by atoms with Crippen molar-refractivity contribution in [2.24, 2.45) is 12.8 Å². The highest BCUT2D eigenvalue weighted by Crippen LogP contribution is 2.41. The van der Waals surface area contributed by atoms with Crippen molar-refractivity contribution in [3.63, 3.8) is 0 Å². The fraction of sp³-hybridized carbons (Fsp3) is 0.190. The van der Waals surface area contributed by atoms with Gasteiger partial charge in [-0.2, -0.15) is 0 Å². The Morgan fingerprint density at radius 2 is 1.79 bits per heavy atom. The molecule has 1 aliphatic rings. The van der Waals surface area contributed by atoms with Crippen LogP contribution >= 0.6 is 0 Å². The van der Waals surface area contributed by atoms with Crippen molar-refractivity contribution in [3.05, 3.63) is 71.4 Å². The maximum absolute atomic E-state index is 13.0. The topological polar surface area (TPSA) is 97.4 Å². The number of nitrogens with zero attached hydrogens (tertiary/aromatic N) is 2. The number of benzene rings is 2. The van der Waals surface area contributed by atoms with Gasteiger partial charge in [-0.3, -0.25) is 14.4 Å². The molecule has 1 aromatic heterocycles. The molecular weight excluding hydrogens is 356 g/mol. The van der Waals surface area contributed by atoms with Gasteiger partial charge >= 0.3 is 0 Å². The summed E-state index contributed by atoms with van der Waals surface area (Å²) in [6.45, 7) is -0.415. The molecule has 142 valence electrons. The lowest BCUT2D eigenvalue weighted by molar-refractivity contribution is -0.125. The van der Waals surface area contributed by atoms with E-state index >= 15 is 0 Å². The number of rotatable bonds is 5. The SMILES string of the molecule is Cn1cc([C@@H]2c3ccccc3C(=O)N2CC(=O)NCC(N)=O)c2ccccc21. The lowest BCUT2D eigenvalue weighted by Gasteiger charge is -2.25. The van der Waals surface area contributed by atoms with Crippen LogP contribution in [0.25, 0.3) is 10.9 Å². The molecule has 2 heterocycles. The molecule has 0 unspecified atom stereocenters. The van der Waals surface area contributed by atoms with Gasteiger partial charge in [0, 0.05) is 35.3 Å². The van der Waals surface area contributed by atoms with Gasteiger partial charge in [-0.05, 0) is 17.7 Å². The summed E-state index contributed by atoms with van der Waals surface area (Å²) in [5.41, 5.74) is 8.55. The summed E-state index contributed by atoms with van der Waals surface area (Å²) in [6.07, 6.45) is 2.00. The molecule has 4 rings (SSSR count). The standard InChI is InChI=1S/C21H20N4O3/c1-24-11-16(13-6-4-5-9-17(13)24)20-14-7-2-3-8-15(14)21(28)25(20)12-19(27)23-10-18(22)26/h2-9,11,20H,10,12H2,1H3,(H2,22,26)(H,23,27)/t20-/m0/s1. The number of amides is 3. The van der Waals surface area contributed by atoms with Crippen LogP contribution in [0.5, 0.6) is 0 Å². The number of fused-ring (bicyclic) bond motifs is 2. The van der Waals surface area contributed by atoms with E-state index in [1.807, 2.05) is 60.3 Å². The highest BCUT2D eigenvalue weighted by molar-refractivity contribution is 6.02. The zero-order valence-corrected chi connectivity index (χ0v) is 15.4. The van der Waals surface area contributed by atoms with Crippen LogP contribution in [0.2, 0.25) is 0 Å². The number of aromatic nitrogens is 1. The van der Waals surface area contributed by atoms with E-state index < -0.39 is 11.8 Å². The van der Waals surface area contributed by atoms with Crippen LogP contribution in [0.15, 0.2) is 54.7 Å². The molecule has 0 spiro atoms. The van der Waals surface area contributed by atoms with Crippen LogP contribution in [-0.2, 0) is 16.6 Å². The number of hydrogen-bond donors (Lipinski definition) is 2. The van der Waals surface area contributed by atoms with Crippen LogP contribution in [0, 0.1) is 0 Å². The van der Waals surface area contributed by atoms with Crippen molar-refractivity contribution in [1.82, 2.24) is 14.8 Å². The zero-order chi connectivity index (χ0) is 19.8. The van der Waals surface area contributed by atoms with E-state index in [2.05, 4.69) is 5.32 Å². The van der Waals surface area contributed by atoms with E-state index in [1.165, 1.54) is 0 Å². The molecule has 3 aromatic rings. The highest BCUT2D eigenvalue weighted by Gasteiger charge is 2.39. The number of hydrogen-bond acceptors (Lipinski definition) is 3. The highest BCUT2D eigenvalue weighted by atomic mass is 16.2. The third kappa shape index (κ3) is 2.90. The second-order valence-electron chi connectivity index (χ2n) is 6.88. The summed E-state index contributed by atoms with van der Waals surface area (Å²) in [5.74, 6) is -1.26. The van der Waals surface area contributed by atoms with E-state index in [-0.39, 0.29) is 25.0 Å². The smallest absolute Gasteiger partial charge is 0.255 e. The molecule has 0 bridgehead atoms. The summed E-state index contributed by atoms with van der Waals surface area (Å²) in [6, 6.07) is 15.0. The van der Waals surface area contributed by atoms with Crippen LogP contribution in [0.1, 0.15) is 27.5 Å². The minimum Gasteiger partial charge on any atom is -0.368 e. The molecule has 1 atom stereocenters. The third-order valence-electron chi connectivity index (χ3n) is 5.05. The lowest BCUT2D eigenvalue weighted by atomic mass is 9.97. The molecule has 0 saturated heterocycles. The van der Waals surface area contributed by atoms with E-state index in [1.54, 1.807) is 11.0 Å². The van der Waals surface area contributed by atoms with Gasteiger partial charge in [0.25, 0.3) is 5.91 Å². The van der Waals surface area contributed by atoms with Crippen molar-refractivity contribution in [3.8, 4) is 0 Å². The second kappa shape index (κ2) is 6.84. The lowest BCUT2D eigenvalue weighted by Crippen LogP contribution is -2.42. The van der Waals surface area contributed by atoms with Crippen molar-refractivity contribution in [1.29, 1.82) is 0 Å². The fourth-order valence-corrected chi connectivity index (χ4v) is 3.86. The Hall–Kier alpha value is -3.61. The quantitative estimate of drug-likeness (QED) is 0.703. The summed E-state index contributed by atoms with van der Waals surface area (Å²) < 4.78 is 2.02. The van der Waals surface area contributed by atoms with Gasteiger partial charge in [0.2, 0.25) is 11.8 Å². The number of carbonyl (C=O) groups is 3. The fourth-order valence-electron chi connectivity index (χ4n) is 3.86. The molecule has 2 aromatic carbocycles. The summed E-state index contributed by atoms with van der Waals surface area (Å²) in [7, 11) is 1.96. The predicted octanol–water partition coefficient (Wildman–Crippen LogP) is 1.33. The first-order chi connectivity index (χ1) is 13.5. The van der Waals surface area contributed by atoms with Crippen molar-refractivity contribution >= 4 is 28.6 Å². The van der Waals surface area contributed by atoms with Gasteiger partial charge < -0.3 is 20.5 Å². The molecule has 7 heteroatoms. The molecule has 0 fully saturated rings. The summed E-state index contributed by atoms with van der Waals surface area (Å²) >= 11 is 0. The van der Waals surface area contributed by atoms with E-state index in [0.717, 1.165) is 22.0 Å². The Morgan fingerprint density at radius 1 is 1.07 bits per heavy atom. The number of nitrogens with two attached hydrogens (primary N) is 1. The maximum atomic E-state index is 13.0. The van der Waals surface area contributed by atoms with Crippen LogP contribution in [0.4, 0.5) is 0 Å². The molecule has 1 aliphatic heterocycles. The summed E-state index contributed by atoms with van der Waals surface area (Å²) in [4.78, 5) is 37.9. The van der Waals surface area contributed by atoms with Crippen LogP contribution in [0.3, 0.4) is 0 Å². The van der Waals surface area contributed by atoms with Crippen LogP contribution in [-0.4, -0.2) is 40.3 Å². The molecular formula is C21H20N4O3. The van der Waals surface area contributed by atoms with Crippen molar-refractivity contribution < 1.29 is 14.4 Å². The molecule has 28 heavy (non-hydrogen) atoms. The normalized spacial score (nSPS) is 15.7. The van der Waals surface area contributed by atoms with Gasteiger partial charge in [0.15, 0.2) is 0 Å². The molecule has 7 nitrogen and oxygen atoms in total. The number of carbonyl (C=O) groups excluding carboxylic acids is 3. The first-order valence-corrected chi connectivity index (χ1v) is 8.96. The zero-order valence-electron chi connectivity index (χ0n) is 15.4. The van der Waals surface area contributed by atoms with E-state index in [4.69, 9.17) is 5.73 Å². The number of aryl methyl sites for hydroxylation is 1. The minimum atomic E-state index is -0.630. The Kier molecular flexibility index (Phi) is 4.35. The average Bonchev–Trinajstić information content (AvgIpc) is 3.16. The van der Waals surface area contributed by atoms with Gasteiger partial charge in [0.05, 0.1) is 12.6 Å². The van der Waals surface area contributed by atoms with Gasteiger partial charge in [-0.15, -0.1) is 0 Å². The molecule has 0 saturated carbocycles. The Labute approximate surface area is 161 Å². The largest absolute Gasteiger partial charge is 0.368 e. The average molecular weight is 376 g/mol. The van der Waals surface area contributed by atoms with E-state index in [0.29, 0.717) is 5.56 Å².